The number of aromatic hydroxyl groups is 1. The minimum absolute atomic E-state index is 0.00882. The van der Waals surface area contributed by atoms with Crippen molar-refractivity contribution in [2.45, 2.75) is 11.8 Å². The lowest BCUT2D eigenvalue weighted by Gasteiger charge is -2.11. The van der Waals surface area contributed by atoms with E-state index in [-0.39, 0.29) is 27.2 Å². The molecule has 0 aliphatic heterocycles. The third-order valence-corrected chi connectivity index (χ3v) is 4.14. The van der Waals surface area contributed by atoms with Gasteiger partial charge in [-0.1, -0.05) is 11.6 Å². The Morgan fingerprint density at radius 1 is 1.14 bits per heavy atom. The molecule has 0 unspecified atom stereocenters. The van der Waals surface area contributed by atoms with Crippen molar-refractivity contribution in [2.24, 2.45) is 0 Å². The lowest BCUT2D eigenvalue weighted by Crippen LogP contribution is -2.11. The average Bonchev–Trinajstić information content (AvgIpc) is 2.36. The Labute approximate surface area is 127 Å². The molecule has 1 N–H and O–H groups in total. The standard InChI is InChI=1S/C14H13ClO5S/c1-9-5-11(16)8-12(6-9)20-21(17,18)14-7-10(15)3-4-13(14)19-2/h3-8,16H,1-2H3. The molecule has 2 aromatic carbocycles. The quantitative estimate of drug-likeness (QED) is 0.873. The Morgan fingerprint density at radius 2 is 1.86 bits per heavy atom. The van der Waals surface area contributed by atoms with E-state index in [0.29, 0.717) is 5.56 Å². The molecule has 0 atom stereocenters. The smallest absolute Gasteiger partial charge is 0.342 e. The summed E-state index contributed by atoms with van der Waals surface area (Å²) < 4.78 is 34.7. The Hall–Kier alpha value is -1.92. The minimum atomic E-state index is -4.13. The van der Waals surface area contributed by atoms with Crippen molar-refractivity contribution in [1.29, 1.82) is 0 Å². The summed E-state index contributed by atoms with van der Waals surface area (Å²) in [6, 6.07) is 8.38. The van der Waals surface area contributed by atoms with Gasteiger partial charge in [-0.3, -0.25) is 0 Å². The molecule has 0 fully saturated rings. The average molecular weight is 329 g/mol. The summed E-state index contributed by atoms with van der Waals surface area (Å²) in [5.74, 6) is 0.0454. The van der Waals surface area contributed by atoms with Crippen LogP contribution in [-0.4, -0.2) is 20.6 Å². The van der Waals surface area contributed by atoms with E-state index in [0.717, 1.165) is 0 Å². The van der Waals surface area contributed by atoms with Gasteiger partial charge in [-0.05, 0) is 42.8 Å². The highest BCUT2D eigenvalue weighted by atomic mass is 35.5. The van der Waals surface area contributed by atoms with Gasteiger partial charge in [0.1, 0.15) is 22.1 Å². The van der Waals surface area contributed by atoms with E-state index in [2.05, 4.69) is 0 Å². The molecule has 0 amide bonds. The van der Waals surface area contributed by atoms with Gasteiger partial charge in [-0.2, -0.15) is 8.42 Å². The van der Waals surface area contributed by atoms with Crippen LogP contribution in [0, 0.1) is 6.92 Å². The highest BCUT2D eigenvalue weighted by Gasteiger charge is 2.22. The molecule has 0 aliphatic carbocycles. The zero-order valence-electron chi connectivity index (χ0n) is 11.3. The SMILES string of the molecule is COc1ccc(Cl)cc1S(=O)(=O)Oc1cc(C)cc(O)c1. The van der Waals surface area contributed by atoms with Crippen LogP contribution in [0.15, 0.2) is 41.3 Å². The molecular weight excluding hydrogens is 316 g/mol. The monoisotopic (exact) mass is 328 g/mol. The molecule has 5 nitrogen and oxygen atoms in total. The largest absolute Gasteiger partial charge is 0.508 e. The highest BCUT2D eigenvalue weighted by Crippen LogP contribution is 2.30. The number of rotatable bonds is 4. The molecule has 0 aromatic heterocycles. The Morgan fingerprint density at radius 3 is 2.48 bits per heavy atom. The summed E-state index contributed by atoms with van der Waals surface area (Å²) in [7, 11) is -2.78. The molecule has 0 saturated heterocycles. The maximum absolute atomic E-state index is 12.3. The van der Waals surface area contributed by atoms with Crippen molar-refractivity contribution in [1.82, 2.24) is 0 Å². The minimum Gasteiger partial charge on any atom is -0.508 e. The summed E-state index contributed by atoms with van der Waals surface area (Å²) in [6.45, 7) is 1.71. The number of phenolic OH excluding ortho intramolecular Hbond substituents is 1. The molecule has 0 aliphatic rings. The molecule has 2 rings (SSSR count). The van der Waals surface area contributed by atoms with Crippen LogP contribution in [0.1, 0.15) is 5.56 Å². The molecule has 0 spiro atoms. The van der Waals surface area contributed by atoms with Crippen molar-refractivity contribution < 1.29 is 22.4 Å². The van der Waals surface area contributed by atoms with Crippen LogP contribution < -0.4 is 8.92 Å². The third-order valence-electron chi connectivity index (χ3n) is 2.64. The second-order valence-corrected chi connectivity index (χ2v) is 6.29. The zero-order valence-corrected chi connectivity index (χ0v) is 12.9. The third kappa shape index (κ3) is 3.59. The molecule has 0 heterocycles. The fourth-order valence-corrected chi connectivity index (χ4v) is 3.14. The van der Waals surface area contributed by atoms with Gasteiger partial charge in [0.15, 0.2) is 0 Å². The predicted molar refractivity (Wildman–Crippen MR) is 78.7 cm³/mol. The first-order valence-electron chi connectivity index (χ1n) is 5.90. The van der Waals surface area contributed by atoms with Gasteiger partial charge >= 0.3 is 10.1 Å². The van der Waals surface area contributed by atoms with Gasteiger partial charge in [0.2, 0.25) is 0 Å². The van der Waals surface area contributed by atoms with Crippen molar-refractivity contribution >= 4 is 21.7 Å². The molecule has 112 valence electrons. The van der Waals surface area contributed by atoms with Gasteiger partial charge in [0, 0.05) is 11.1 Å². The predicted octanol–water partition coefficient (Wildman–Crippen LogP) is 3.13. The maximum atomic E-state index is 12.3. The number of benzene rings is 2. The van der Waals surface area contributed by atoms with Gasteiger partial charge in [-0.15, -0.1) is 0 Å². The van der Waals surface area contributed by atoms with Crippen LogP contribution in [0.2, 0.25) is 5.02 Å². The number of ether oxygens (including phenoxy) is 1. The normalized spacial score (nSPS) is 11.2. The number of hydrogen-bond donors (Lipinski definition) is 1. The summed E-state index contributed by atoms with van der Waals surface area (Å²) >= 11 is 5.82. The van der Waals surface area contributed by atoms with Gasteiger partial charge in [0.05, 0.1) is 7.11 Å². The van der Waals surface area contributed by atoms with Gasteiger partial charge < -0.3 is 14.0 Å². The second kappa shape index (κ2) is 5.83. The second-order valence-electron chi connectivity index (χ2n) is 4.34. The van der Waals surface area contributed by atoms with Gasteiger partial charge in [-0.25, -0.2) is 0 Å². The van der Waals surface area contributed by atoms with Crippen molar-refractivity contribution in [3.63, 3.8) is 0 Å². The van der Waals surface area contributed by atoms with E-state index >= 15 is 0 Å². The molecule has 0 bridgehead atoms. The lowest BCUT2D eigenvalue weighted by atomic mass is 10.2. The zero-order chi connectivity index (χ0) is 15.6. The van der Waals surface area contributed by atoms with E-state index in [1.165, 1.54) is 43.5 Å². The summed E-state index contributed by atoms with van der Waals surface area (Å²) in [5.41, 5.74) is 0.665. The summed E-state index contributed by atoms with van der Waals surface area (Å²) in [5, 5.41) is 9.73. The molecule has 7 heteroatoms. The molecule has 0 radical (unpaired) electrons. The maximum Gasteiger partial charge on any atom is 0.342 e. The van der Waals surface area contributed by atoms with E-state index < -0.39 is 10.1 Å². The topological polar surface area (TPSA) is 72.8 Å². The fraction of sp³-hybridized carbons (Fsp3) is 0.143. The van der Waals surface area contributed by atoms with Crippen LogP contribution >= 0.6 is 11.6 Å². The first kappa shape index (κ1) is 15.5. The van der Waals surface area contributed by atoms with E-state index in [4.69, 9.17) is 20.5 Å². The molecular formula is C14H13ClO5S. The van der Waals surface area contributed by atoms with E-state index in [9.17, 15) is 13.5 Å². The summed E-state index contributed by atoms with van der Waals surface area (Å²) in [4.78, 5) is -0.182. The fourth-order valence-electron chi connectivity index (χ4n) is 1.79. The summed E-state index contributed by atoms with van der Waals surface area (Å²) in [6.07, 6.45) is 0. The number of phenols is 1. The highest BCUT2D eigenvalue weighted by molar-refractivity contribution is 7.87. The number of aryl methyl sites for hydroxylation is 1. The van der Waals surface area contributed by atoms with Crippen LogP contribution in [0.4, 0.5) is 0 Å². The van der Waals surface area contributed by atoms with Crippen molar-refractivity contribution in [3.05, 3.63) is 47.0 Å². The number of hydrogen-bond acceptors (Lipinski definition) is 5. The van der Waals surface area contributed by atoms with Crippen LogP contribution in [0.25, 0.3) is 0 Å². The molecule has 21 heavy (non-hydrogen) atoms. The first-order chi connectivity index (χ1) is 9.81. The number of halogens is 1. The van der Waals surface area contributed by atoms with Crippen LogP contribution in [0.3, 0.4) is 0 Å². The van der Waals surface area contributed by atoms with Crippen molar-refractivity contribution in [3.8, 4) is 17.2 Å². The Balaban J connectivity index is 2.45. The molecule has 0 saturated carbocycles. The lowest BCUT2D eigenvalue weighted by molar-refractivity contribution is 0.398. The van der Waals surface area contributed by atoms with E-state index in [1.807, 2.05) is 0 Å². The first-order valence-corrected chi connectivity index (χ1v) is 7.69. The van der Waals surface area contributed by atoms with Gasteiger partial charge in [0.25, 0.3) is 0 Å². The van der Waals surface area contributed by atoms with Crippen LogP contribution in [-0.2, 0) is 10.1 Å². The Bertz CT molecular complexity index is 751. The van der Waals surface area contributed by atoms with Crippen molar-refractivity contribution in [2.75, 3.05) is 7.11 Å². The van der Waals surface area contributed by atoms with Crippen LogP contribution in [0.5, 0.6) is 17.2 Å². The number of methoxy groups -OCH3 is 1. The Kier molecular flexibility index (Phi) is 4.29. The molecule has 2 aromatic rings. The van der Waals surface area contributed by atoms with E-state index in [1.54, 1.807) is 6.92 Å².